The van der Waals surface area contributed by atoms with Gasteiger partial charge >= 0.3 is 0 Å². The Morgan fingerprint density at radius 2 is 1.22 bits per heavy atom. The summed E-state index contributed by atoms with van der Waals surface area (Å²) < 4.78 is 0. The summed E-state index contributed by atoms with van der Waals surface area (Å²) >= 11 is 0. The number of nitro benzene ring substituents is 2. The van der Waals surface area contributed by atoms with Crippen LogP contribution < -0.4 is 10.6 Å². The van der Waals surface area contributed by atoms with E-state index in [2.05, 4.69) is 10.6 Å². The first-order chi connectivity index (χ1) is 13.0. The SMILES string of the molecule is N#Cc1ccc(NCCCNc2ccc(C#N)cc2[N+](=O)[O-])c([N+](=O)[O-])c1. The lowest BCUT2D eigenvalue weighted by Gasteiger charge is -2.09. The number of anilines is 2. The van der Waals surface area contributed by atoms with E-state index in [-0.39, 0.29) is 22.5 Å². The third kappa shape index (κ3) is 4.90. The van der Waals surface area contributed by atoms with Crippen LogP contribution in [-0.4, -0.2) is 22.9 Å². The van der Waals surface area contributed by atoms with Gasteiger partial charge in [0.1, 0.15) is 11.4 Å². The van der Waals surface area contributed by atoms with E-state index in [9.17, 15) is 20.2 Å². The molecule has 27 heavy (non-hydrogen) atoms. The molecule has 0 bridgehead atoms. The molecule has 10 nitrogen and oxygen atoms in total. The van der Waals surface area contributed by atoms with E-state index in [0.717, 1.165) is 0 Å². The third-order valence-corrected chi connectivity index (χ3v) is 3.63. The molecule has 136 valence electrons. The van der Waals surface area contributed by atoms with Gasteiger partial charge in [0.15, 0.2) is 0 Å². The van der Waals surface area contributed by atoms with Crippen LogP contribution in [0.15, 0.2) is 36.4 Å². The van der Waals surface area contributed by atoms with E-state index in [1.54, 1.807) is 0 Å². The molecule has 0 saturated heterocycles. The Morgan fingerprint density at radius 1 is 0.815 bits per heavy atom. The van der Waals surface area contributed by atoms with Gasteiger partial charge in [0, 0.05) is 25.2 Å². The number of nitro groups is 2. The Kier molecular flexibility index (Phi) is 6.23. The zero-order chi connectivity index (χ0) is 19.8. The van der Waals surface area contributed by atoms with Crippen LogP contribution in [0.3, 0.4) is 0 Å². The van der Waals surface area contributed by atoms with Gasteiger partial charge in [-0.1, -0.05) is 0 Å². The normalized spacial score (nSPS) is 9.70. The maximum Gasteiger partial charge on any atom is 0.293 e. The van der Waals surface area contributed by atoms with Crippen molar-refractivity contribution in [2.75, 3.05) is 23.7 Å². The van der Waals surface area contributed by atoms with Gasteiger partial charge in [-0.05, 0) is 30.7 Å². The highest BCUT2D eigenvalue weighted by Gasteiger charge is 2.15. The molecule has 0 aliphatic heterocycles. The quantitative estimate of drug-likeness (QED) is 0.409. The Hall–Kier alpha value is -4.18. The average Bonchev–Trinajstić information content (AvgIpc) is 2.67. The summed E-state index contributed by atoms with van der Waals surface area (Å²) in [5.41, 5.74) is 0.602. The molecule has 0 aliphatic carbocycles. The van der Waals surface area contributed by atoms with Crippen LogP contribution in [0, 0.1) is 42.9 Å². The van der Waals surface area contributed by atoms with Crippen molar-refractivity contribution < 1.29 is 9.85 Å². The van der Waals surface area contributed by atoms with Crippen molar-refractivity contribution in [3.63, 3.8) is 0 Å². The van der Waals surface area contributed by atoms with Crippen LogP contribution in [0.4, 0.5) is 22.7 Å². The molecule has 0 fully saturated rings. The second-order valence-electron chi connectivity index (χ2n) is 5.41. The molecule has 0 atom stereocenters. The fraction of sp³-hybridized carbons (Fsp3) is 0.176. The number of benzene rings is 2. The smallest absolute Gasteiger partial charge is 0.293 e. The van der Waals surface area contributed by atoms with Gasteiger partial charge in [-0.15, -0.1) is 0 Å². The topological polar surface area (TPSA) is 158 Å². The number of nitrogens with zero attached hydrogens (tertiary/aromatic N) is 4. The first-order valence-electron chi connectivity index (χ1n) is 7.81. The van der Waals surface area contributed by atoms with Crippen LogP contribution in [0.1, 0.15) is 17.5 Å². The molecule has 2 aromatic rings. The van der Waals surface area contributed by atoms with E-state index in [1.165, 1.54) is 36.4 Å². The van der Waals surface area contributed by atoms with Crippen LogP contribution >= 0.6 is 0 Å². The lowest BCUT2D eigenvalue weighted by Crippen LogP contribution is -2.11. The zero-order valence-electron chi connectivity index (χ0n) is 14.0. The fourth-order valence-corrected chi connectivity index (χ4v) is 2.34. The molecule has 0 amide bonds. The number of hydrogen-bond donors (Lipinski definition) is 2. The summed E-state index contributed by atoms with van der Waals surface area (Å²) in [5.74, 6) is 0. The maximum absolute atomic E-state index is 11.1. The van der Waals surface area contributed by atoms with Crippen molar-refractivity contribution in [3.8, 4) is 12.1 Å². The molecule has 0 radical (unpaired) electrons. The minimum atomic E-state index is -0.568. The van der Waals surface area contributed by atoms with Crippen molar-refractivity contribution in [2.45, 2.75) is 6.42 Å². The molecular formula is C17H14N6O4. The minimum Gasteiger partial charge on any atom is -0.379 e. The fourth-order valence-electron chi connectivity index (χ4n) is 2.34. The molecule has 0 spiro atoms. The van der Waals surface area contributed by atoms with Crippen molar-refractivity contribution >= 4 is 22.7 Å². The predicted molar refractivity (Wildman–Crippen MR) is 97.2 cm³/mol. The largest absolute Gasteiger partial charge is 0.379 e. The molecule has 2 aromatic carbocycles. The number of nitriles is 2. The second kappa shape index (κ2) is 8.78. The van der Waals surface area contributed by atoms with Gasteiger partial charge in [0.05, 0.1) is 33.1 Å². The van der Waals surface area contributed by atoms with Crippen molar-refractivity contribution in [2.24, 2.45) is 0 Å². The minimum absolute atomic E-state index is 0.190. The van der Waals surface area contributed by atoms with E-state index in [1.807, 2.05) is 12.1 Å². The predicted octanol–water partition coefficient (Wildman–Crippen LogP) is 3.16. The average molecular weight is 366 g/mol. The Bertz CT molecular complexity index is 883. The maximum atomic E-state index is 11.1. The summed E-state index contributed by atoms with van der Waals surface area (Å²) in [7, 11) is 0. The number of hydrogen-bond acceptors (Lipinski definition) is 8. The molecule has 2 rings (SSSR count). The van der Waals surface area contributed by atoms with Gasteiger partial charge in [-0.2, -0.15) is 10.5 Å². The molecule has 10 heteroatoms. The first-order valence-corrected chi connectivity index (χ1v) is 7.81. The van der Waals surface area contributed by atoms with E-state index < -0.39 is 9.85 Å². The second-order valence-corrected chi connectivity index (χ2v) is 5.41. The molecular weight excluding hydrogens is 352 g/mol. The van der Waals surface area contributed by atoms with E-state index in [4.69, 9.17) is 10.5 Å². The standard InChI is InChI=1S/C17H14N6O4/c18-10-12-2-4-14(16(8-12)22(24)25)20-6-1-7-21-15-5-3-13(11-19)9-17(15)23(26)27/h2-5,8-9,20-21H,1,6-7H2. The van der Waals surface area contributed by atoms with Gasteiger partial charge in [-0.25, -0.2) is 0 Å². The first kappa shape index (κ1) is 19.1. The van der Waals surface area contributed by atoms with Gasteiger partial charge in [0.2, 0.25) is 0 Å². The Morgan fingerprint density at radius 3 is 1.56 bits per heavy atom. The van der Waals surface area contributed by atoms with Crippen LogP contribution in [0.2, 0.25) is 0 Å². The highest BCUT2D eigenvalue weighted by atomic mass is 16.6. The molecule has 0 aromatic heterocycles. The van der Waals surface area contributed by atoms with Crippen LogP contribution in [0.5, 0.6) is 0 Å². The highest BCUT2D eigenvalue weighted by molar-refractivity contribution is 5.65. The highest BCUT2D eigenvalue weighted by Crippen LogP contribution is 2.26. The summed E-state index contributed by atoms with van der Waals surface area (Å²) in [6, 6.07) is 12.0. The van der Waals surface area contributed by atoms with E-state index >= 15 is 0 Å². The Balaban J connectivity index is 1.94. The van der Waals surface area contributed by atoms with Crippen molar-refractivity contribution in [3.05, 3.63) is 67.8 Å². The van der Waals surface area contributed by atoms with E-state index in [0.29, 0.717) is 30.9 Å². The number of rotatable bonds is 8. The molecule has 0 saturated carbocycles. The van der Waals surface area contributed by atoms with Gasteiger partial charge < -0.3 is 10.6 Å². The monoisotopic (exact) mass is 366 g/mol. The van der Waals surface area contributed by atoms with Crippen LogP contribution in [0.25, 0.3) is 0 Å². The summed E-state index contributed by atoms with van der Waals surface area (Å²) in [6.07, 6.45) is 0.522. The molecule has 0 aliphatic rings. The van der Waals surface area contributed by atoms with Crippen LogP contribution in [-0.2, 0) is 0 Å². The summed E-state index contributed by atoms with van der Waals surface area (Å²) in [5, 5.41) is 45.6. The Labute approximate surface area is 154 Å². The van der Waals surface area contributed by atoms with Gasteiger partial charge in [-0.3, -0.25) is 20.2 Å². The van der Waals surface area contributed by atoms with Crippen molar-refractivity contribution in [1.29, 1.82) is 10.5 Å². The number of nitrogens with one attached hydrogen (secondary N) is 2. The zero-order valence-corrected chi connectivity index (χ0v) is 14.0. The summed E-state index contributed by atoms with van der Waals surface area (Å²) in [6.45, 7) is 0.758. The lowest BCUT2D eigenvalue weighted by molar-refractivity contribution is -0.384. The molecule has 2 N–H and O–H groups in total. The van der Waals surface area contributed by atoms with Crippen molar-refractivity contribution in [1.82, 2.24) is 0 Å². The van der Waals surface area contributed by atoms with Gasteiger partial charge in [0.25, 0.3) is 11.4 Å². The molecule has 0 unspecified atom stereocenters. The lowest BCUT2D eigenvalue weighted by atomic mass is 10.2. The summed E-state index contributed by atoms with van der Waals surface area (Å²) in [4.78, 5) is 21.0. The molecule has 0 heterocycles. The third-order valence-electron chi connectivity index (χ3n) is 3.63.